The van der Waals surface area contributed by atoms with Gasteiger partial charge in [-0.05, 0) is 37.1 Å². The summed E-state index contributed by atoms with van der Waals surface area (Å²) >= 11 is 0. The molecule has 0 fully saturated rings. The number of aryl methyl sites for hydroxylation is 1. The maximum absolute atomic E-state index is 12.1. The third-order valence-corrected chi connectivity index (χ3v) is 3.85. The van der Waals surface area contributed by atoms with E-state index < -0.39 is 0 Å². The average Bonchev–Trinajstić information content (AvgIpc) is 3.20. The molecule has 24 heavy (non-hydrogen) atoms. The fraction of sp³-hybridized carbons (Fsp3) is 0.412. The van der Waals surface area contributed by atoms with Crippen molar-refractivity contribution in [2.75, 3.05) is 13.3 Å². The van der Waals surface area contributed by atoms with Crippen LogP contribution in [0.1, 0.15) is 18.1 Å². The molecular weight excluding hydrogens is 308 g/mol. The van der Waals surface area contributed by atoms with Gasteiger partial charge >= 0.3 is 0 Å². The summed E-state index contributed by atoms with van der Waals surface area (Å²) < 4.78 is 12.5. The molecule has 1 unspecified atom stereocenters. The molecule has 2 N–H and O–H groups in total. The van der Waals surface area contributed by atoms with Crippen molar-refractivity contribution < 1.29 is 14.3 Å². The highest BCUT2D eigenvalue weighted by Gasteiger charge is 2.15. The smallest absolute Gasteiger partial charge is 0.237 e. The predicted octanol–water partition coefficient (Wildman–Crippen LogP) is 1.21. The summed E-state index contributed by atoms with van der Waals surface area (Å²) in [6, 6.07) is 5.40. The van der Waals surface area contributed by atoms with E-state index in [4.69, 9.17) is 9.47 Å². The van der Waals surface area contributed by atoms with E-state index in [0.29, 0.717) is 13.1 Å². The standard InChI is InChI=1S/C17H22N4O3/c1-12-8-20-21(10-12)6-5-18-13(2)17(22)19-9-14-3-4-15-16(7-14)24-11-23-15/h3-4,7-8,10,13,18H,5-6,9,11H2,1-2H3,(H,19,22). The molecule has 3 rings (SSSR count). The monoisotopic (exact) mass is 330 g/mol. The molecule has 0 bridgehead atoms. The lowest BCUT2D eigenvalue weighted by molar-refractivity contribution is -0.122. The molecule has 0 aliphatic carbocycles. The van der Waals surface area contributed by atoms with Gasteiger partial charge in [0.05, 0.1) is 18.8 Å². The van der Waals surface area contributed by atoms with E-state index in [-0.39, 0.29) is 18.7 Å². The Morgan fingerprint density at radius 2 is 2.21 bits per heavy atom. The maximum Gasteiger partial charge on any atom is 0.237 e. The molecule has 0 saturated heterocycles. The van der Waals surface area contributed by atoms with E-state index in [1.807, 2.05) is 49.1 Å². The van der Waals surface area contributed by atoms with Crippen LogP contribution < -0.4 is 20.1 Å². The minimum atomic E-state index is -0.268. The number of nitrogens with zero attached hydrogens (tertiary/aromatic N) is 2. The number of carbonyl (C=O) groups is 1. The fourth-order valence-corrected chi connectivity index (χ4v) is 2.47. The molecule has 0 spiro atoms. The number of amides is 1. The van der Waals surface area contributed by atoms with Crippen LogP contribution in [0.4, 0.5) is 0 Å². The molecule has 0 saturated carbocycles. The van der Waals surface area contributed by atoms with Gasteiger partial charge in [-0.3, -0.25) is 9.48 Å². The lowest BCUT2D eigenvalue weighted by Crippen LogP contribution is -2.42. The van der Waals surface area contributed by atoms with Crippen LogP contribution in [0.15, 0.2) is 30.6 Å². The highest BCUT2D eigenvalue weighted by Crippen LogP contribution is 2.32. The average molecular weight is 330 g/mol. The number of benzene rings is 1. The summed E-state index contributed by atoms with van der Waals surface area (Å²) in [6.45, 7) is 5.97. The lowest BCUT2D eigenvalue weighted by Gasteiger charge is -2.14. The van der Waals surface area contributed by atoms with Gasteiger partial charge in [0, 0.05) is 19.3 Å². The Labute approximate surface area is 140 Å². The second-order valence-electron chi connectivity index (χ2n) is 5.86. The number of carbonyl (C=O) groups excluding carboxylic acids is 1. The van der Waals surface area contributed by atoms with Gasteiger partial charge in [0.25, 0.3) is 0 Å². The van der Waals surface area contributed by atoms with E-state index in [9.17, 15) is 4.79 Å². The van der Waals surface area contributed by atoms with Crippen LogP contribution in [0, 0.1) is 6.92 Å². The molecule has 2 heterocycles. The molecule has 0 radical (unpaired) electrons. The Bertz CT molecular complexity index is 714. The highest BCUT2D eigenvalue weighted by atomic mass is 16.7. The van der Waals surface area contributed by atoms with Gasteiger partial charge in [-0.15, -0.1) is 0 Å². The number of hydrogen-bond donors (Lipinski definition) is 2. The maximum atomic E-state index is 12.1. The summed E-state index contributed by atoms with van der Waals surface area (Å²) in [5.74, 6) is 1.43. The summed E-state index contributed by atoms with van der Waals surface area (Å²) in [5, 5.41) is 10.3. The van der Waals surface area contributed by atoms with E-state index in [0.717, 1.165) is 29.2 Å². The van der Waals surface area contributed by atoms with Crippen molar-refractivity contribution in [2.45, 2.75) is 33.0 Å². The van der Waals surface area contributed by atoms with Crippen LogP contribution in [0.5, 0.6) is 11.5 Å². The molecule has 1 aliphatic heterocycles. The molecule has 1 aromatic heterocycles. The van der Waals surface area contributed by atoms with E-state index in [1.165, 1.54) is 0 Å². The Morgan fingerprint density at radius 3 is 3.00 bits per heavy atom. The number of ether oxygens (including phenoxy) is 2. The first kappa shape index (κ1) is 16.3. The lowest BCUT2D eigenvalue weighted by atomic mass is 10.2. The van der Waals surface area contributed by atoms with Crippen molar-refractivity contribution in [2.24, 2.45) is 0 Å². The molecule has 1 atom stereocenters. The molecule has 1 aliphatic rings. The number of hydrogen-bond acceptors (Lipinski definition) is 5. The molecule has 7 nitrogen and oxygen atoms in total. The van der Waals surface area contributed by atoms with Gasteiger partial charge in [-0.2, -0.15) is 5.10 Å². The Kier molecular flexibility index (Phi) is 5.00. The van der Waals surface area contributed by atoms with Gasteiger partial charge in [0.2, 0.25) is 12.7 Å². The molecule has 7 heteroatoms. The zero-order chi connectivity index (χ0) is 16.9. The van der Waals surface area contributed by atoms with Crippen molar-refractivity contribution >= 4 is 5.91 Å². The summed E-state index contributed by atoms with van der Waals surface area (Å²) in [6.07, 6.45) is 3.80. The first-order valence-electron chi connectivity index (χ1n) is 8.00. The largest absolute Gasteiger partial charge is 0.454 e. The minimum Gasteiger partial charge on any atom is -0.454 e. The first-order chi connectivity index (χ1) is 11.6. The number of aromatic nitrogens is 2. The van der Waals surface area contributed by atoms with Crippen LogP contribution in [0.2, 0.25) is 0 Å². The fourth-order valence-electron chi connectivity index (χ4n) is 2.47. The summed E-state index contributed by atoms with van der Waals surface area (Å²) in [4.78, 5) is 12.1. The number of fused-ring (bicyclic) bond motifs is 1. The van der Waals surface area contributed by atoms with Gasteiger partial charge in [0.15, 0.2) is 11.5 Å². The van der Waals surface area contributed by atoms with Crippen molar-refractivity contribution in [1.29, 1.82) is 0 Å². The van der Waals surface area contributed by atoms with Gasteiger partial charge in [-0.25, -0.2) is 0 Å². The zero-order valence-electron chi connectivity index (χ0n) is 13.9. The van der Waals surface area contributed by atoms with E-state index in [1.54, 1.807) is 0 Å². The zero-order valence-corrected chi connectivity index (χ0v) is 13.9. The normalized spacial score (nSPS) is 13.8. The minimum absolute atomic E-state index is 0.0377. The second kappa shape index (κ2) is 7.35. The summed E-state index contributed by atoms with van der Waals surface area (Å²) in [7, 11) is 0. The van der Waals surface area contributed by atoms with Crippen molar-refractivity contribution in [1.82, 2.24) is 20.4 Å². The van der Waals surface area contributed by atoms with Gasteiger partial charge in [0.1, 0.15) is 0 Å². The van der Waals surface area contributed by atoms with Crippen molar-refractivity contribution in [3.63, 3.8) is 0 Å². The van der Waals surface area contributed by atoms with Gasteiger partial charge in [-0.1, -0.05) is 6.07 Å². The molecular formula is C17H22N4O3. The van der Waals surface area contributed by atoms with Crippen LogP contribution in [-0.4, -0.2) is 35.1 Å². The molecule has 1 aromatic carbocycles. The van der Waals surface area contributed by atoms with Crippen LogP contribution in [0.25, 0.3) is 0 Å². The highest BCUT2D eigenvalue weighted by molar-refractivity contribution is 5.81. The Balaban J connectivity index is 1.41. The third-order valence-electron chi connectivity index (χ3n) is 3.85. The van der Waals surface area contributed by atoms with E-state index in [2.05, 4.69) is 15.7 Å². The van der Waals surface area contributed by atoms with Crippen molar-refractivity contribution in [3.8, 4) is 11.5 Å². The van der Waals surface area contributed by atoms with Gasteiger partial charge < -0.3 is 20.1 Å². The first-order valence-corrected chi connectivity index (χ1v) is 8.00. The SMILES string of the molecule is Cc1cnn(CCNC(C)C(=O)NCc2ccc3c(c2)OCO3)c1. The number of rotatable bonds is 7. The molecule has 1 amide bonds. The molecule has 128 valence electrons. The predicted molar refractivity (Wildman–Crippen MR) is 88.8 cm³/mol. The Hall–Kier alpha value is -2.54. The second-order valence-corrected chi connectivity index (χ2v) is 5.86. The topological polar surface area (TPSA) is 77.4 Å². The van der Waals surface area contributed by atoms with Crippen LogP contribution >= 0.6 is 0 Å². The number of nitrogens with one attached hydrogen (secondary N) is 2. The van der Waals surface area contributed by atoms with E-state index >= 15 is 0 Å². The van der Waals surface area contributed by atoms with Crippen molar-refractivity contribution in [3.05, 3.63) is 41.7 Å². The van der Waals surface area contributed by atoms with Crippen LogP contribution in [-0.2, 0) is 17.9 Å². The quantitative estimate of drug-likeness (QED) is 0.798. The Morgan fingerprint density at radius 1 is 1.38 bits per heavy atom. The van der Waals surface area contributed by atoms with Crippen LogP contribution in [0.3, 0.4) is 0 Å². The third kappa shape index (κ3) is 4.05. The molecule has 2 aromatic rings. The summed E-state index contributed by atoms with van der Waals surface area (Å²) in [5.41, 5.74) is 2.11.